The van der Waals surface area contributed by atoms with Crippen molar-refractivity contribution in [3.63, 3.8) is 0 Å². The zero-order chi connectivity index (χ0) is 26.4. The molecule has 0 atom stereocenters. The van der Waals surface area contributed by atoms with Crippen molar-refractivity contribution in [2.45, 2.75) is 12.8 Å². The molecule has 1 aliphatic carbocycles. The number of carboxylic acids is 1. The Morgan fingerprint density at radius 2 is 1.32 bits per heavy atom. The normalized spacial score (nSPS) is 15.0. The number of rotatable bonds is 6. The number of furan rings is 2. The average Bonchev–Trinajstić information content (AvgIpc) is 3.68. The molecule has 4 aromatic rings. The quantitative estimate of drug-likeness (QED) is 0.243. The van der Waals surface area contributed by atoms with Crippen LogP contribution in [-0.4, -0.2) is 35.4 Å². The Morgan fingerprint density at radius 3 is 1.86 bits per heavy atom. The highest BCUT2D eigenvalue weighted by molar-refractivity contribution is 6.15. The number of ketones is 1. The number of allylic oxidation sites excluding steroid dienone is 2. The Kier molecular flexibility index (Phi) is 7.76. The first-order valence-electron chi connectivity index (χ1n) is 11.5. The third-order valence-corrected chi connectivity index (χ3v) is 5.83. The highest BCUT2D eigenvalue weighted by Crippen LogP contribution is 2.32. The van der Waals surface area contributed by atoms with Gasteiger partial charge in [0, 0.05) is 34.9 Å². The molecule has 1 fully saturated rings. The second kappa shape index (κ2) is 11.3. The maximum Gasteiger partial charge on any atom is 0.335 e. The van der Waals surface area contributed by atoms with Crippen LogP contribution in [0.25, 0.3) is 34.8 Å². The Morgan fingerprint density at radius 1 is 0.784 bits per heavy atom. The molecular formula is C30H24O7. The fourth-order valence-electron chi connectivity index (χ4n) is 4.06. The standard InChI is InChI=1S/C29H20O6.CH4O/c30-17-18-3-1-4-19(13-18)26-11-9-24(34-26)15-21-7-8-22(28(21)31)16-25-10-12-27(35-25)20-5-2-6-23(14-20)29(32)33;1-2/h1-6,9-17H,7-8H2,(H,32,33);2H,1H3/b21-15+,22-16+;. The highest BCUT2D eigenvalue weighted by Gasteiger charge is 2.24. The van der Waals surface area contributed by atoms with Crippen molar-refractivity contribution < 1.29 is 33.4 Å². The molecule has 7 heteroatoms. The lowest BCUT2D eigenvalue weighted by molar-refractivity contribution is -0.111. The summed E-state index contributed by atoms with van der Waals surface area (Å²) in [6.45, 7) is 0. The van der Waals surface area contributed by atoms with Gasteiger partial charge >= 0.3 is 5.97 Å². The largest absolute Gasteiger partial charge is 0.478 e. The third kappa shape index (κ3) is 5.74. The van der Waals surface area contributed by atoms with E-state index in [1.54, 1.807) is 66.7 Å². The van der Waals surface area contributed by atoms with E-state index in [4.69, 9.17) is 13.9 Å². The van der Waals surface area contributed by atoms with Crippen molar-refractivity contribution >= 4 is 30.2 Å². The van der Waals surface area contributed by atoms with Gasteiger partial charge in [0.1, 0.15) is 29.3 Å². The molecule has 7 nitrogen and oxygen atoms in total. The smallest absolute Gasteiger partial charge is 0.335 e. The fourth-order valence-corrected chi connectivity index (χ4v) is 4.06. The summed E-state index contributed by atoms with van der Waals surface area (Å²) in [5.74, 6) is 1.19. The monoisotopic (exact) mass is 496 g/mol. The van der Waals surface area contributed by atoms with Gasteiger partial charge in [-0.25, -0.2) is 4.79 Å². The number of Topliss-reactive ketones (excluding diaryl/α,β-unsaturated/α-hetero) is 1. The molecule has 2 aromatic carbocycles. The van der Waals surface area contributed by atoms with Crippen LogP contribution in [-0.2, 0) is 4.79 Å². The van der Waals surface area contributed by atoms with E-state index in [1.807, 2.05) is 12.1 Å². The fraction of sp³-hybridized carbons (Fsp3) is 0.100. The molecule has 0 spiro atoms. The Hall–Kier alpha value is -4.75. The van der Waals surface area contributed by atoms with Crippen LogP contribution in [0.1, 0.15) is 45.1 Å². The van der Waals surface area contributed by atoms with Gasteiger partial charge in [0.25, 0.3) is 0 Å². The van der Waals surface area contributed by atoms with Gasteiger partial charge in [0.2, 0.25) is 0 Å². The van der Waals surface area contributed by atoms with Gasteiger partial charge in [-0.3, -0.25) is 9.59 Å². The van der Waals surface area contributed by atoms with E-state index in [0.29, 0.717) is 58.2 Å². The number of hydrogen-bond donors (Lipinski definition) is 2. The second-order valence-electron chi connectivity index (χ2n) is 8.20. The highest BCUT2D eigenvalue weighted by atomic mass is 16.4. The summed E-state index contributed by atoms with van der Waals surface area (Å²) in [6.07, 6.45) is 5.45. The summed E-state index contributed by atoms with van der Waals surface area (Å²) in [6, 6.07) is 20.8. The lowest BCUT2D eigenvalue weighted by Crippen LogP contribution is -1.95. The molecule has 1 saturated carbocycles. The number of hydrogen-bond acceptors (Lipinski definition) is 6. The first kappa shape index (κ1) is 25.3. The summed E-state index contributed by atoms with van der Waals surface area (Å²) in [7, 11) is 1.00. The maximum atomic E-state index is 12.9. The van der Waals surface area contributed by atoms with Crippen LogP contribution in [0.4, 0.5) is 0 Å². The van der Waals surface area contributed by atoms with Crippen molar-refractivity contribution in [3.05, 3.63) is 107 Å². The van der Waals surface area contributed by atoms with Gasteiger partial charge in [0.15, 0.2) is 5.78 Å². The van der Waals surface area contributed by atoms with Crippen LogP contribution in [0.2, 0.25) is 0 Å². The third-order valence-electron chi connectivity index (χ3n) is 5.83. The van der Waals surface area contributed by atoms with Crippen molar-refractivity contribution in [3.8, 4) is 22.6 Å². The van der Waals surface area contributed by atoms with E-state index in [1.165, 1.54) is 6.07 Å². The zero-order valence-corrected chi connectivity index (χ0v) is 20.0. The van der Waals surface area contributed by atoms with Crippen LogP contribution in [0.15, 0.2) is 92.8 Å². The van der Waals surface area contributed by atoms with Gasteiger partial charge in [-0.2, -0.15) is 0 Å². The molecule has 2 heterocycles. The second-order valence-corrected chi connectivity index (χ2v) is 8.20. The number of aromatic carboxylic acids is 1. The van der Waals surface area contributed by atoms with Gasteiger partial charge in [-0.1, -0.05) is 30.3 Å². The number of benzene rings is 2. The molecule has 0 amide bonds. The van der Waals surface area contributed by atoms with E-state index < -0.39 is 5.97 Å². The number of aliphatic hydroxyl groups is 1. The molecule has 5 rings (SSSR count). The van der Waals surface area contributed by atoms with Crippen molar-refractivity contribution in [1.29, 1.82) is 0 Å². The van der Waals surface area contributed by atoms with Crippen molar-refractivity contribution in [2.24, 2.45) is 0 Å². The summed E-state index contributed by atoms with van der Waals surface area (Å²) >= 11 is 0. The van der Waals surface area contributed by atoms with Gasteiger partial charge in [-0.15, -0.1) is 0 Å². The average molecular weight is 497 g/mol. The topological polar surface area (TPSA) is 118 Å². The van der Waals surface area contributed by atoms with E-state index in [2.05, 4.69) is 0 Å². The van der Waals surface area contributed by atoms with Gasteiger partial charge in [-0.05, 0) is 67.5 Å². The van der Waals surface area contributed by atoms with Crippen LogP contribution in [0, 0.1) is 0 Å². The molecule has 1 aliphatic rings. The number of carboxylic acid groups (broad SMARTS) is 1. The molecule has 2 N–H and O–H groups in total. The first-order valence-corrected chi connectivity index (χ1v) is 11.5. The molecule has 37 heavy (non-hydrogen) atoms. The van der Waals surface area contributed by atoms with Gasteiger partial charge < -0.3 is 19.0 Å². The van der Waals surface area contributed by atoms with E-state index >= 15 is 0 Å². The lowest BCUT2D eigenvalue weighted by Gasteiger charge is -1.99. The lowest BCUT2D eigenvalue weighted by atomic mass is 10.1. The summed E-state index contributed by atoms with van der Waals surface area (Å²) < 4.78 is 11.7. The molecule has 2 aromatic heterocycles. The minimum Gasteiger partial charge on any atom is -0.478 e. The number of carbonyl (C=O) groups is 3. The predicted octanol–water partition coefficient (Wildman–Crippen LogP) is 6.16. The van der Waals surface area contributed by atoms with E-state index in [9.17, 15) is 19.5 Å². The minimum absolute atomic E-state index is 0.0586. The predicted molar refractivity (Wildman–Crippen MR) is 139 cm³/mol. The van der Waals surface area contributed by atoms with Crippen LogP contribution >= 0.6 is 0 Å². The van der Waals surface area contributed by atoms with Gasteiger partial charge in [0.05, 0.1) is 5.56 Å². The Balaban J connectivity index is 0.00000156. The zero-order valence-electron chi connectivity index (χ0n) is 20.0. The SMILES string of the molecule is CO.O=Cc1cccc(-c2ccc(/C=C3\CC/C(=C\c4ccc(-c5cccc(C(=O)O)c5)o4)C3=O)o2)c1. The number of aldehydes is 1. The van der Waals surface area contributed by atoms with E-state index in [-0.39, 0.29) is 11.3 Å². The molecule has 186 valence electrons. The van der Waals surface area contributed by atoms with Crippen molar-refractivity contribution in [2.75, 3.05) is 7.11 Å². The van der Waals surface area contributed by atoms with Crippen LogP contribution in [0.3, 0.4) is 0 Å². The number of aliphatic hydroxyl groups excluding tert-OH is 1. The molecule has 0 aliphatic heterocycles. The molecular weight excluding hydrogens is 472 g/mol. The summed E-state index contributed by atoms with van der Waals surface area (Å²) in [4.78, 5) is 35.2. The minimum atomic E-state index is -1.00. The van der Waals surface area contributed by atoms with Crippen LogP contribution < -0.4 is 0 Å². The molecule has 0 saturated heterocycles. The maximum absolute atomic E-state index is 12.9. The molecule has 0 radical (unpaired) electrons. The molecule has 0 unspecified atom stereocenters. The Bertz CT molecular complexity index is 1510. The summed E-state index contributed by atoms with van der Waals surface area (Å²) in [5.41, 5.74) is 3.48. The Labute approximate surface area is 213 Å². The van der Waals surface area contributed by atoms with Crippen LogP contribution in [0.5, 0.6) is 0 Å². The van der Waals surface area contributed by atoms with Crippen molar-refractivity contribution in [1.82, 2.24) is 0 Å². The first-order chi connectivity index (χ1) is 18.0. The number of carbonyl (C=O) groups excluding carboxylic acids is 2. The molecule has 0 bridgehead atoms. The summed E-state index contributed by atoms with van der Waals surface area (Å²) in [5, 5.41) is 16.2. The van der Waals surface area contributed by atoms with E-state index in [0.717, 1.165) is 19.0 Å².